The fourth-order valence-corrected chi connectivity index (χ4v) is 2.98. The summed E-state index contributed by atoms with van der Waals surface area (Å²) >= 11 is 0. The molecule has 136 valence electrons. The van der Waals surface area contributed by atoms with Crippen molar-refractivity contribution in [1.82, 2.24) is 0 Å². The predicted octanol–water partition coefficient (Wildman–Crippen LogP) is 3.14. The maximum absolute atomic E-state index is 13.3. The van der Waals surface area contributed by atoms with Crippen LogP contribution < -0.4 is 10.2 Å². The van der Waals surface area contributed by atoms with Crippen molar-refractivity contribution in [3.8, 4) is 0 Å². The Labute approximate surface area is 149 Å². The normalized spacial score (nSPS) is 13.3. The molecular weight excluding hydrogens is 342 g/mol. The molecule has 0 radical (unpaired) electrons. The SMILES string of the molecule is COCC(=O)N1CCCc2cc(NC(=O)c3ccc(F)c(F)c3)ccc21. The van der Waals surface area contributed by atoms with Crippen LogP contribution in [-0.2, 0) is 16.0 Å². The van der Waals surface area contributed by atoms with Crippen molar-refractivity contribution in [3.63, 3.8) is 0 Å². The maximum Gasteiger partial charge on any atom is 0.255 e. The van der Waals surface area contributed by atoms with Gasteiger partial charge in [0.05, 0.1) is 0 Å². The molecule has 0 spiro atoms. The number of hydrogen-bond acceptors (Lipinski definition) is 3. The summed E-state index contributed by atoms with van der Waals surface area (Å²) < 4.78 is 31.2. The second-order valence-electron chi connectivity index (χ2n) is 6.01. The third kappa shape index (κ3) is 3.72. The highest BCUT2D eigenvalue weighted by Crippen LogP contribution is 2.30. The number of hydrogen-bond donors (Lipinski definition) is 1. The van der Waals surface area contributed by atoms with E-state index in [2.05, 4.69) is 5.32 Å². The summed E-state index contributed by atoms with van der Waals surface area (Å²) in [4.78, 5) is 26.0. The zero-order chi connectivity index (χ0) is 18.7. The molecule has 0 aromatic heterocycles. The highest BCUT2D eigenvalue weighted by molar-refractivity contribution is 6.04. The number of carbonyl (C=O) groups excluding carboxylic acids is 2. The monoisotopic (exact) mass is 360 g/mol. The van der Waals surface area contributed by atoms with Gasteiger partial charge in [0.25, 0.3) is 11.8 Å². The van der Waals surface area contributed by atoms with Crippen LogP contribution in [0.2, 0.25) is 0 Å². The molecule has 2 aromatic carbocycles. The molecule has 1 aliphatic rings. The number of aryl methyl sites for hydroxylation is 1. The summed E-state index contributed by atoms with van der Waals surface area (Å²) in [5.41, 5.74) is 2.28. The van der Waals surface area contributed by atoms with Gasteiger partial charge in [0, 0.05) is 30.6 Å². The number of carbonyl (C=O) groups is 2. The summed E-state index contributed by atoms with van der Waals surface area (Å²) in [6.45, 7) is 0.629. The first-order valence-electron chi connectivity index (χ1n) is 8.18. The van der Waals surface area contributed by atoms with Crippen LogP contribution in [0.15, 0.2) is 36.4 Å². The number of nitrogens with zero attached hydrogens (tertiary/aromatic N) is 1. The molecule has 0 fully saturated rings. The predicted molar refractivity (Wildman–Crippen MR) is 93.3 cm³/mol. The molecular formula is C19H18F2N2O3. The highest BCUT2D eigenvalue weighted by atomic mass is 19.2. The lowest BCUT2D eigenvalue weighted by Crippen LogP contribution is -2.37. The summed E-state index contributed by atoms with van der Waals surface area (Å²) in [5.74, 6) is -2.73. The number of amides is 2. The van der Waals surface area contributed by atoms with Gasteiger partial charge in [-0.15, -0.1) is 0 Å². The number of ether oxygens (including phenoxy) is 1. The minimum atomic E-state index is -1.07. The number of anilines is 2. The smallest absolute Gasteiger partial charge is 0.255 e. The molecule has 1 N–H and O–H groups in total. The lowest BCUT2D eigenvalue weighted by molar-refractivity contribution is -0.122. The lowest BCUT2D eigenvalue weighted by atomic mass is 10.0. The van der Waals surface area contributed by atoms with E-state index < -0.39 is 17.5 Å². The number of halogens is 2. The van der Waals surface area contributed by atoms with Crippen molar-refractivity contribution >= 4 is 23.2 Å². The standard InChI is InChI=1S/C19H18F2N2O3/c1-26-11-18(24)23-8-2-3-12-9-14(5-7-17(12)23)22-19(25)13-4-6-15(20)16(21)10-13/h4-7,9-10H,2-3,8,11H2,1H3,(H,22,25). The van der Waals surface area contributed by atoms with Gasteiger partial charge < -0.3 is 15.0 Å². The number of fused-ring (bicyclic) bond motifs is 1. The molecule has 0 saturated heterocycles. The lowest BCUT2D eigenvalue weighted by Gasteiger charge is -2.29. The van der Waals surface area contributed by atoms with Crippen LogP contribution in [0.4, 0.5) is 20.2 Å². The van der Waals surface area contributed by atoms with Crippen molar-refractivity contribution in [2.45, 2.75) is 12.8 Å². The average molecular weight is 360 g/mol. The van der Waals surface area contributed by atoms with Gasteiger partial charge in [-0.25, -0.2) is 8.78 Å². The summed E-state index contributed by atoms with van der Waals surface area (Å²) in [6, 6.07) is 8.22. The van der Waals surface area contributed by atoms with Crippen LogP contribution in [0.5, 0.6) is 0 Å². The third-order valence-electron chi connectivity index (χ3n) is 4.21. The maximum atomic E-state index is 13.3. The second kappa shape index (κ2) is 7.61. The molecule has 0 aliphatic carbocycles. The number of methoxy groups -OCH3 is 1. The van der Waals surface area contributed by atoms with E-state index in [4.69, 9.17) is 4.74 Å². The summed E-state index contributed by atoms with van der Waals surface area (Å²) in [7, 11) is 1.47. The number of rotatable bonds is 4. The van der Waals surface area contributed by atoms with E-state index in [1.807, 2.05) is 0 Å². The third-order valence-corrected chi connectivity index (χ3v) is 4.21. The molecule has 26 heavy (non-hydrogen) atoms. The Morgan fingerprint density at radius 3 is 2.69 bits per heavy atom. The Balaban J connectivity index is 1.79. The van der Waals surface area contributed by atoms with Crippen LogP contribution in [0.3, 0.4) is 0 Å². The van der Waals surface area contributed by atoms with E-state index in [1.165, 1.54) is 13.2 Å². The fourth-order valence-electron chi connectivity index (χ4n) is 2.98. The van der Waals surface area contributed by atoms with Crippen LogP contribution in [-0.4, -0.2) is 32.1 Å². The minimum absolute atomic E-state index is 0.00799. The molecule has 2 aromatic rings. The Hall–Kier alpha value is -2.80. The van der Waals surface area contributed by atoms with Gasteiger partial charge in [0.2, 0.25) is 0 Å². The van der Waals surface area contributed by atoms with Crippen molar-refractivity contribution in [3.05, 3.63) is 59.2 Å². The van der Waals surface area contributed by atoms with Gasteiger partial charge in [-0.3, -0.25) is 9.59 Å². The molecule has 7 heteroatoms. The molecule has 0 unspecified atom stereocenters. The van der Waals surface area contributed by atoms with E-state index >= 15 is 0 Å². The number of benzene rings is 2. The quantitative estimate of drug-likeness (QED) is 0.911. The Morgan fingerprint density at radius 2 is 1.96 bits per heavy atom. The van der Waals surface area contributed by atoms with Gasteiger partial charge in [0.1, 0.15) is 6.61 Å². The zero-order valence-corrected chi connectivity index (χ0v) is 14.2. The van der Waals surface area contributed by atoms with E-state index in [9.17, 15) is 18.4 Å². The van der Waals surface area contributed by atoms with Gasteiger partial charge in [-0.05, 0) is 54.8 Å². The van der Waals surface area contributed by atoms with Crippen molar-refractivity contribution in [2.75, 3.05) is 30.5 Å². The van der Waals surface area contributed by atoms with Crippen LogP contribution in [0, 0.1) is 11.6 Å². The second-order valence-corrected chi connectivity index (χ2v) is 6.01. The zero-order valence-electron chi connectivity index (χ0n) is 14.2. The topological polar surface area (TPSA) is 58.6 Å². The van der Waals surface area contributed by atoms with Crippen LogP contribution in [0.1, 0.15) is 22.3 Å². The van der Waals surface area contributed by atoms with Crippen molar-refractivity contribution in [2.24, 2.45) is 0 Å². The van der Waals surface area contributed by atoms with Crippen LogP contribution in [0.25, 0.3) is 0 Å². The molecule has 2 amide bonds. The molecule has 1 heterocycles. The molecule has 0 saturated carbocycles. The van der Waals surface area contributed by atoms with Crippen LogP contribution >= 0.6 is 0 Å². The first-order valence-corrected chi connectivity index (χ1v) is 8.18. The fraction of sp³-hybridized carbons (Fsp3) is 0.263. The first-order chi connectivity index (χ1) is 12.5. The first kappa shape index (κ1) is 18.0. The summed E-state index contributed by atoms with van der Waals surface area (Å²) in [6.07, 6.45) is 1.59. The minimum Gasteiger partial charge on any atom is -0.375 e. The Morgan fingerprint density at radius 1 is 1.15 bits per heavy atom. The molecule has 1 aliphatic heterocycles. The van der Waals surface area contributed by atoms with E-state index in [0.717, 1.165) is 36.2 Å². The summed E-state index contributed by atoms with van der Waals surface area (Å²) in [5, 5.41) is 2.67. The van der Waals surface area contributed by atoms with Gasteiger partial charge >= 0.3 is 0 Å². The van der Waals surface area contributed by atoms with Crippen molar-refractivity contribution < 1.29 is 23.1 Å². The van der Waals surface area contributed by atoms with Gasteiger partial charge in [-0.2, -0.15) is 0 Å². The number of nitrogens with one attached hydrogen (secondary N) is 1. The van der Waals surface area contributed by atoms with Crippen molar-refractivity contribution in [1.29, 1.82) is 0 Å². The highest BCUT2D eigenvalue weighted by Gasteiger charge is 2.22. The average Bonchev–Trinajstić information content (AvgIpc) is 2.63. The van der Waals surface area contributed by atoms with Gasteiger partial charge in [0.15, 0.2) is 11.6 Å². The molecule has 5 nitrogen and oxygen atoms in total. The largest absolute Gasteiger partial charge is 0.375 e. The Bertz CT molecular complexity index is 855. The van der Waals surface area contributed by atoms with E-state index in [1.54, 1.807) is 23.1 Å². The Kier molecular flexibility index (Phi) is 5.27. The van der Waals surface area contributed by atoms with Gasteiger partial charge in [-0.1, -0.05) is 0 Å². The molecule has 0 bridgehead atoms. The molecule has 3 rings (SSSR count). The van der Waals surface area contributed by atoms with E-state index in [-0.39, 0.29) is 18.1 Å². The van der Waals surface area contributed by atoms with E-state index in [0.29, 0.717) is 12.2 Å². The molecule has 0 atom stereocenters.